The molecule has 4 heteroatoms. The molecule has 1 aliphatic carbocycles. The summed E-state index contributed by atoms with van der Waals surface area (Å²) in [4.78, 5) is 10.5. The minimum Gasteiger partial charge on any atom is -0.264 e. The van der Waals surface area contributed by atoms with E-state index in [-0.39, 0.29) is 10.8 Å². The first-order valence-corrected chi connectivity index (χ1v) is 5.29. The SMILES string of the molecule is N#CC1CCCCCCCC1[N+](=O)[O-]. The van der Waals surface area contributed by atoms with Gasteiger partial charge in [0.05, 0.1) is 6.07 Å². The van der Waals surface area contributed by atoms with Gasteiger partial charge in [0.2, 0.25) is 6.04 Å². The first-order valence-electron chi connectivity index (χ1n) is 5.29. The normalized spacial score (nSPS) is 29.4. The zero-order valence-corrected chi connectivity index (χ0v) is 8.32. The molecule has 0 aromatic rings. The Balaban J connectivity index is 2.63. The van der Waals surface area contributed by atoms with E-state index in [1.165, 1.54) is 0 Å². The average Bonchev–Trinajstić information content (AvgIpc) is 2.27. The molecule has 0 N–H and O–H groups in total. The maximum atomic E-state index is 10.8. The highest BCUT2D eigenvalue weighted by atomic mass is 16.6. The number of hydrogen-bond acceptors (Lipinski definition) is 3. The maximum absolute atomic E-state index is 10.8. The molecule has 0 saturated heterocycles. The molecule has 78 valence electrons. The molecule has 1 rings (SSSR count). The van der Waals surface area contributed by atoms with Crippen molar-refractivity contribution in [3.05, 3.63) is 10.1 Å². The van der Waals surface area contributed by atoms with E-state index >= 15 is 0 Å². The van der Waals surface area contributed by atoms with Gasteiger partial charge in [-0.05, 0) is 12.8 Å². The molecule has 0 aromatic carbocycles. The van der Waals surface area contributed by atoms with Crippen LogP contribution >= 0.6 is 0 Å². The van der Waals surface area contributed by atoms with Crippen LogP contribution < -0.4 is 0 Å². The second-order valence-corrected chi connectivity index (χ2v) is 3.93. The molecular weight excluding hydrogens is 180 g/mol. The number of nitro groups is 1. The summed E-state index contributed by atoms with van der Waals surface area (Å²) in [5, 5.41) is 19.6. The highest BCUT2D eigenvalue weighted by Gasteiger charge is 2.30. The Hall–Kier alpha value is -1.11. The Bertz CT molecular complexity index is 235. The average molecular weight is 196 g/mol. The maximum Gasteiger partial charge on any atom is 0.228 e. The molecule has 0 amide bonds. The van der Waals surface area contributed by atoms with Crippen molar-refractivity contribution in [2.24, 2.45) is 5.92 Å². The van der Waals surface area contributed by atoms with E-state index in [0.717, 1.165) is 32.1 Å². The number of nitriles is 1. The van der Waals surface area contributed by atoms with E-state index in [4.69, 9.17) is 5.26 Å². The minimum atomic E-state index is -0.627. The highest BCUT2D eigenvalue weighted by Crippen LogP contribution is 2.23. The van der Waals surface area contributed by atoms with Crippen molar-refractivity contribution in [3.63, 3.8) is 0 Å². The number of hydrogen-bond donors (Lipinski definition) is 0. The fourth-order valence-electron chi connectivity index (χ4n) is 2.04. The molecule has 1 fully saturated rings. The Morgan fingerprint density at radius 1 is 1.14 bits per heavy atom. The van der Waals surface area contributed by atoms with Gasteiger partial charge in [-0.3, -0.25) is 10.1 Å². The molecule has 0 bridgehead atoms. The predicted octanol–water partition coefficient (Wildman–Crippen LogP) is 2.52. The van der Waals surface area contributed by atoms with Crippen molar-refractivity contribution in [2.75, 3.05) is 0 Å². The molecule has 0 spiro atoms. The first kappa shape index (κ1) is 11.0. The molecule has 1 saturated carbocycles. The van der Waals surface area contributed by atoms with Gasteiger partial charge in [-0.25, -0.2) is 0 Å². The quantitative estimate of drug-likeness (QED) is 0.478. The van der Waals surface area contributed by atoms with Gasteiger partial charge in [0, 0.05) is 11.3 Å². The van der Waals surface area contributed by atoms with Crippen LogP contribution in [0.4, 0.5) is 0 Å². The lowest BCUT2D eigenvalue weighted by atomic mass is 9.93. The van der Waals surface area contributed by atoms with Crippen molar-refractivity contribution in [1.29, 1.82) is 5.26 Å². The van der Waals surface area contributed by atoms with Crippen LogP contribution in [0.5, 0.6) is 0 Å². The van der Waals surface area contributed by atoms with Crippen LogP contribution in [0.15, 0.2) is 0 Å². The van der Waals surface area contributed by atoms with E-state index in [0.29, 0.717) is 12.8 Å². The molecule has 14 heavy (non-hydrogen) atoms. The van der Waals surface area contributed by atoms with Crippen molar-refractivity contribution < 1.29 is 4.92 Å². The minimum absolute atomic E-state index is 0.265. The fourth-order valence-corrected chi connectivity index (χ4v) is 2.04. The second-order valence-electron chi connectivity index (χ2n) is 3.93. The van der Waals surface area contributed by atoms with Crippen LogP contribution in [-0.2, 0) is 0 Å². The van der Waals surface area contributed by atoms with E-state index < -0.39 is 6.04 Å². The molecule has 1 aliphatic rings. The van der Waals surface area contributed by atoms with Gasteiger partial charge in [0.25, 0.3) is 0 Å². The summed E-state index contributed by atoms with van der Waals surface area (Å²) in [6, 6.07) is 1.46. The van der Waals surface area contributed by atoms with Crippen LogP contribution in [0.2, 0.25) is 0 Å². The third-order valence-electron chi connectivity index (χ3n) is 2.92. The summed E-state index contributed by atoms with van der Waals surface area (Å²) < 4.78 is 0. The van der Waals surface area contributed by atoms with Crippen molar-refractivity contribution in [2.45, 2.75) is 51.0 Å². The summed E-state index contributed by atoms with van der Waals surface area (Å²) in [6.45, 7) is 0. The Morgan fingerprint density at radius 3 is 2.29 bits per heavy atom. The summed E-state index contributed by atoms with van der Waals surface area (Å²) in [6.07, 6.45) is 6.47. The lowest BCUT2D eigenvalue weighted by molar-refractivity contribution is -0.530. The van der Waals surface area contributed by atoms with E-state index in [1.54, 1.807) is 0 Å². The van der Waals surface area contributed by atoms with Gasteiger partial charge in [0.1, 0.15) is 5.92 Å². The van der Waals surface area contributed by atoms with Crippen LogP contribution in [0.3, 0.4) is 0 Å². The van der Waals surface area contributed by atoms with Crippen molar-refractivity contribution >= 4 is 0 Å². The molecule has 0 radical (unpaired) electrons. The fraction of sp³-hybridized carbons (Fsp3) is 0.900. The van der Waals surface area contributed by atoms with Crippen LogP contribution in [0.25, 0.3) is 0 Å². The van der Waals surface area contributed by atoms with Gasteiger partial charge in [-0.1, -0.05) is 25.7 Å². The lowest BCUT2D eigenvalue weighted by Crippen LogP contribution is -2.28. The van der Waals surface area contributed by atoms with E-state index in [9.17, 15) is 10.1 Å². The van der Waals surface area contributed by atoms with Crippen molar-refractivity contribution in [3.8, 4) is 6.07 Å². The summed E-state index contributed by atoms with van der Waals surface area (Å²) >= 11 is 0. The van der Waals surface area contributed by atoms with Gasteiger partial charge in [0.15, 0.2) is 0 Å². The Kier molecular flexibility index (Phi) is 4.37. The summed E-state index contributed by atoms with van der Waals surface area (Å²) in [7, 11) is 0. The smallest absolute Gasteiger partial charge is 0.228 e. The third-order valence-corrected chi connectivity index (χ3v) is 2.92. The van der Waals surface area contributed by atoms with E-state index in [2.05, 4.69) is 6.07 Å². The topological polar surface area (TPSA) is 66.9 Å². The molecule has 4 nitrogen and oxygen atoms in total. The number of nitrogens with zero attached hydrogens (tertiary/aromatic N) is 2. The molecule has 2 unspecified atom stereocenters. The monoisotopic (exact) mass is 196 g/mol. The predicted molar refractivity (Wildman–Crippen MR) is 52.2 cm³/mol. The van der Waals surface area contributed by atoms with Crippen LogP contribution in [0.1, 0.15) is 44.9 Å². The summed E-state index contributed by atoms with van der Waals surface area (Å²) in [5.41, 5.74) is 0. The zero-order chi connectivity index (χ0) is 10.4. The van der Waals surface area contributed by atoms with Gasteiger partial charge in [-0.2, -0.15) is 5.26 Å². The third kappa shape index (κ3) is 2.99. The highest BCUT2D eigenvalue weighted by molar-refractivity contribution is 4.88. The number of rotatable bonds is 1. The Morgan fingerprint density at radius 2 is 1.71 bits per heavy atom. The Labute approximate surface area is 84.1 Å². The standard InChI is InChI=1S/C10H16N2O2/c11-8-9-6-4-2-1-3-5-7-10(9)12(13)14/h9-10H,1-7H2. The van der Waals surface area contributed by atoms with Crippen molar-refractivity contribution in [1.82, 2.24) is 0 Å². The molecule has 0 aromatic heterocycles. The molecule has 0 aliphatic heterocycles. The molecule has 2 atom stereocenters. The van der Waals surface area contributed by atoms with Crippen LogP contribution in [0, 0.1) is 27.4 Å². The molecule has 0 heterocycles. The van der Waals surface area contributed by atoms with Gasteiger partial charge >= 0.3 is 0 Å². The molecular formula is C10H16N2O2. The zero-order valence-electron chi connectivity index (χ0n) is 8.32. The lowest BCUT2D eigenvalue weighted by Gasteiger charge is -2.12. The van der Waals surface area contributed by atoms with Crippen LogP contribution in [-0.4, -0.2) is 11.0 Å². The van der Waals surface area contributed by atoms with E-state index in [1.807, 2.05) is 0 Å². The summed E-state index contributed by atoms with van der Waals surface area (Å²) in [5.74, 6) is -0.372. The first-order chi connectivity index (χ1) is 6.75. The second kappa shape index (κ2) is 5.58. The van der Waals surface area contributed by atoms with Gasteiger partial charge in [-0.15, -0.1) is 0 Å². The largest absolute Gasteiger partial charge is 0.264 e. The van der Waals surface area contributed by atoms with Gasteiger partial charge < -0.3 is 0 Å².